The van der Waals surface area contributed by atoms with Crippen molar-refractivity contribution in [3.05, 3.63) is 23.8 Å². The largest absolute Gasteiger partial charge is 0.493 e. The van der Waals surface area contributed by atoms with Crippen molar-refractivity contribution >= 4 is 9.84 Å². The third kappa shape index (κ3) is 4.61. The van der Waals surface area contributed by atoms with Crippen molar-refractivity contribution < 1.29 is 17.9 Å². The van der Waals surface area contributed by atoms with Gasteiger partial charge in [-0.25, -0.2) is 8.42 Å². The van der Waals surface area contributed by atoms with Gasteiger partial charge in [-0.05, 0) is 37.5 Å². The summed E-state index contributed by atoms with van der Waals surface area (Å²) in [6.07, 6.45) is 1.65. The van der Waals surface area contributed by atoms with Crippen LogP contribution in [0.3, 0.4) is 0 Å². The van der Waals surface area contributed by atoms with E-state index in [9.17, 15) is 8.42 Å². The number of ether oxygens (including phenoxy) is 2. The van der Waals surface area contributed by atoms with E-state index in [1.807, 2.05) is 25.1 Å². The average Bonchev–Trinajstić information content (AvgIpc) is 2.45. The van der Waals surface area contributed by atoms with E-state index in [1.54, 1.807) is 7.11 Å². The van der Waals surface area contributed by atoms with Crippen molar-refractivity contribution in [1.29, 1.82) is 0 Å². The van der Waals surface area contributed by atoms with E-state index in [-0.39, 0.29) is 11.8 Å². The molecule has 0 bridgehead atoms. The molecule has 1 N–H and O–H groups in total. The summed E-state index contributed by atoms with van der Waals surface area (Å²) in [5.74, 6) is 1.99. The Bertz CT molecular complexity index is 571. The summed E-state index contributed by atoms with van der Waals surface area (Å²) in [5, 5.41) is 3.32. The Morgan fingerprint density at radius 1 is 1.33 bits per heavy atom. The van der Waals surface area contributed by atoms with Gasteiger partial charge in [0.15, 0.2) is 21.3 Å². The molecule has 5 nitrogen and oxygen atoms in total. The third-order valence-electron chi connectivity index (χ3n) is 3.59. The van der Waals surface area contributed by atoms with Crippen LogP contribution in [0.2, 0.25) is 0 Å². The predicted octanol–water partition coefficient (Wildman–Crippen LogP) is 1.76. The van der Waals surface area contributed by atoms with E-state index in [2.05, 4.69) is 5.32 Å². The summed E-state index contributed by atoms with van der Waals surface area (Å²) in [7, 11) is -1.26. The van der Waals surface area contributed by atoms with Crippen LogP contribution in [0.15, 0.2) is 18.2 Å². The fourth-order valence-electron chi connectivity index (χ4n) is 2.55. The van der Waals surface area contributed by atoms with Crippen LogP contribution in [0.25, 0.3) is 0 Å². The van der Waals surface area contributed by atoms with Crippen molar-refractivity contribution in [2.45, 2.75) is 32.4 Å². The molecule has 1 aromatic rings. The Hall–Kier alpha value is -1.27. The SMILES string of the molecule is CCOc1cc(CNC2CCCS(=O)(=O)C2)ccc1OC. The van der Waals surface area contributed by atoms with Gasteiger partial charge in [0.2, 0.25) is 0 Å². The summed E-state index contributed by atoms with van der Waals surface area (Å²) < 4.78 is 34.0. The molecule has 1 saturated heterocycles. The molecule has 1 unspecified atom stereocenters. The number of hydrogen-bond acceptors (Lipinski definition) is 5. The Morgan fingerprint density at radius 3 is 2.81 bits per heavy atom. The van der Waals surface area contributed by atoms with Gasteiger partial charge in [-0.15, -0.1) is 0 Å². The number of hydrogen-bond donors (Lipinski definition) is 1. The number of methoxy groups -OCH3 is 1. The van der Waals surface area contributed by atoms with Gasteiger partial charge in [0.1, 0.15) is 0 Å². The molecular formula is C15H23NO4S. The van der Waals surface area contributed by atoms with Gasteiger partial charge >= 0.3 is 0 Å². The molecule has 6 heteroatoms. The highest BCUT2D eigenvalue weighted by Crippen LogP contribution is 2.28. The fourth-order valence-corrected chi connectivity index (χ4v) is 4.22. The molecule has 1 fully saturated rings. The number of benzene rings is 1. The molecule has 0 spiro atoms. The summed E-state index contributed by atoms with van der Waals surface area (Å²) >= 11 is 0. The molecule has 118 valence electrons. The fraction of sp³-hybridized carbons (Fsp3) is 0.600. The Balaban J connectivity index is 1.98. The van der Waals surface area contributed by atoms with Crippen LogP contribution in [0.1, 0.15) is 25.3 Å². The smallest absolute Gasteiger partial charge is 0.161 e. The normalized spacial score (nSPS) is 21.0. The van der Waals surface area contributed by atoms with E-state index in [1.165, 1.54) is 0 Å². The molecule has 1 atom stereocenters. The first-order valence-electron chi connectivity index (χ1n) is 7.27. The number of sulfone groups is 1. The summed E-state index contributed by atoms with van der Waals surface area (Å²) in [6.45, 7) is 3.13. The maximum atomic E-state index is 11.6. The number of rotatable bonds is 6. The van der Waals surface area contributed by atoms with E-state index >= 15 is 0 Å². The van der Waals surface area contributed by atoms with Crippen molar-refractivity contribution in [3.8, 4) is 11.5 Å². The standard InChI is InChI=1S/C15H23NO4S/c1-3-20-15-9-12(6-7-14(15)19-2)10-16-13-5-4-8-21(17,18)11-13/h6-7,9,13,16H,3-5,8,10-11H2,1-2H3. The molecule has 1 heterocycles. The van der Waals surface area contributed by atoms with Gasteiger partial charge in [-0.2, -0.15) is 0 Å². The van der Waals surface area contributed by atoms with E-state index in [0.29, 0.717) is 24.7 Å². The zero-order valence-electron chi connectivity index (χ0n) is 12.6. The average molecular weight is 313 g/mol. The van der Waals surface area contributed by atoms with Crippen molar-refractivity contribution in [2.75, 3.05) is 25.2 Å². The lowest BCUT2D eigenvalue weighted by Crippen LogP contribution is -2.39. The Labute approximate surface area is 126 Å². The van der Waals surface area contributed by atoms with E-state index in [0.717, 1.165) is 24.2 Å². The van der Waals surface area contributed by atoms with Crippen LogP contribution in [0, 0.1) is 0 Å². The van der Waals surface area contributed by atoms with Gasteiger partial charge in [0.25, 0.3) is 0 Å². The lowest BCUT2D eigenvalue weighted by Gasteiger charge is -2.23. The summed E-state index contributed by atoms with van der Waals surface area (Å²) in [6, 6.07) is 5.82. The predicted molar refractivity (Wildman–Crippen MR) is 82.7 cm³/mol. The second-order valence-corrected chi connectivity index (χ2v) is 7.48. The molecule has 1 aliphatic rings. The quantitative estimate of drug-likeness (QED) is 0.867. The maximum absolute atomic E-state index is 11.6. The summed E-state index contributed by atoms with van der Waals surface area (Å²) in [4.78, 5) is 0. The van der Waals surface area contributed by atoms with Crippen LogP contribution in [0.5, 0.6) is 11.5 Å². The lowest BCUT2D eigenvalue weighted by molar-refractivity contribution is 0.310. The van der Waals surface area contributed by atoms with Crippen molar-refractivity contribution in [1.82, 2.24) is 5.32 Å². The Kier molecular flexibility index (Phi) is 5.47. The van der Waals surface area contributed by atoms with Crippen LogP contribution in [-0.4, -0.2) is 39.7 Å². The zero-order valence-corrected chi connectivity index (χ0v) is 13.4. The molecule has 1 aromatic carbocycles. The summed E-state index contributed by atoms with van der Waals surface area (Å²) in [5.41, 5.74) is 1.06. The molecule has 0 saturated carbocycles. The molecule has 0 radical (unpaired) electrons. The second kappa shape index (κ2) is 7.13. The topological polar surface area (TPSA) is 64.6 Å². The van der Waals surface area contributed by atoms with Crippen LogP contribution < -0.4 is 14.8 Å². The Morgan fingerprint density at radius 2 is 2.14 bits per heavy atom. The zero-order chi connectivity index (χ0) is 15.3. The van der Waals surface area contributed by atoms with Crippen LogP contribution in [-0.2, 0) is 16.4 Å². The first kappa shape index (κ1) is 16.1. The first-order chi connectivity index (χ1) is 10.0. The van der Waals surface area contributed by atoms with Crippen LogP contribution >= 0.6 is 0 Å². The molecule has 21 heavy (non-hydrogen) atoms. The highest BCUT2D eigenvalue weighted by atomic mass is 32.2. The molecule has 0 amide bonds. The van der Waals surface area contributed by atoms with Gasteiger partial charge in [0, 0.05) is 12.6 Å². The molecule has 1 aliphatic heterocycles. The third-order valence-corrected chi connectivity index (χ3v) is 5.41. The van der Waals surface area contributed by atoms with Gasteiger partial charge in [-0.1, -0.05) is 6.07 Å². The minimum atomic E-state index is -2.87. The second-order valence-electron chi connectivity index (χ2n) is 5.25. The lowest BCUT2D eigenvalue weighted by atomic mass is 10.1. The minimum absolute atomic E-state index is 0.0430. The molecule has 0 aliphatic carbocycles. The van der Waals surface area contributed by atoms with Gasteiger partial charge < -0.3 is 14.8 Å². The number of nitrogens with one attached hydrogen (secondary N) is 1. The minimum Gasteiger partial charge on any atom is -0.493 e. The van der Waals surface area contributed by atoms with Crippen molar-refractivity contribution in [2.24, 2.45) is 0 Å². The monoisotopic (exact) mass is 313 g/mol. The maximum Gasteiger partial charge on any atom is 0.161 e. The van der Waals surface area contributed by atoms with Crippen molar-refractivity contribution in [3.63, 3.8) is 0 Å². The van der Waals surface area contributed by atoms with Gasteiger partial charge in [-0.3, -0.25) is 0 Å². The van der Waals surface area contributed by atoms with E-state index < -0.39 is 9.84 Å². The molecule has 2 rings (SSSR count). The highest BCUT2D eigenvalue weighted by molar-refractivity contribution is 7.91. The van der Waals surface area contributed by atoms with E-state index in [4.69, 9.17) is 9.47 Å². The first-order valence-corrected chi connectivity index (χ1v) is 9.09. The highest BCUT2D eigenvalue weighted by Gasteiger charge is 2.24. The van der Waals surface area contributed by atoms with Gasteiger partial charge in [0.05, 0.1) is 25.2 Å². The molecule has 0 aromatic heterocycles. The molecular weight excluding hydrogens is 290 g/mol. The van der Waals surface area contributed by atoms with Crippen LogP contribution in [0.4, 0.5) is 0 Å².